The molecule has 1 atom stereocenters. The van der Waals surface area contributed by atoms with Crippen LogP contribution >= 0.6 is 11.3 Å². The Kier molecular flexibility index (Phi) is 4.22. The lowest BCUT2D eigenvalue weighted by atomic mass is 9.98. The minimum Gasteiger partial charge on any atom is -0.496 e. The van der Waals surface area contributed by atoms with Crippen LogP contribution in [-0.2, 0) is 0 Å². The quantitative estimate of drug-likeness (QED) is 0.485. The van der Waals surface area contributed by atoms with Crippen LogP contribution in [0.3, 0.4) is 0 Å². The summed E-state index contributed by atoms with van der Waals surface area (Å²) in [6.45, 7) is 3.86. The molecule has 0 saturated heterocycles. The Morgan fingerprint density at radius 1 is 1.07 bits per heavy atom. The number of carbonyl (C=O) groups is 1. The van der Waals surface area contributed by atoms with Crippen LogP contribution in [0.4, 0.5) is 5.13 Å². The maximum absolute atomic E-state index is 13.5. The minimum atomic E-state index is -0.686. The Bertz CT molecular complexity index is 1350. The molecule has 0 bridgehead atoms. The first-order valence-corrected chi connectivity index (χ1v) is 10.3. The number of benzene rings is 2. The van der Waals surface area contributed by atoms with Crippen LogP contribution in [-0.4, -0.2) is 18.0 Å². The van der Waals surface area contributed by atoms with E-state index >= 15 is 0 Å². The monoisotopic (exact) mass is 418 g/mol. The first kappa shape index (κ1) is 18.6. The second-order valence-electron chi connectivity index (χ2n) is 7.13. The SMILES string of the molecule is COc1ccccc1[C@H]1c2c(oc3ccccc3c2=O)C(=O)N1c1nc(C)c(C)s1. The molecule has 150 valence electrons. The smallest absolute Gasteiger partial charge is 0.297 e. The Morgan fingerprint density at radius 3 is 2.53 bits per heavy atom. The van der Waals surface area contributed by atoms with E-state index in [1.807, 2.05) is 38.1 Å². The third-order valence-electron chi connectivity index (χ3n) is 5.43. The molecular weight excluding hydrogens is 400 g/mol. The number of ether oxygens (including phenoxy) is 1. The molecule has 0 spiro atoms. The normalized spacial score (nSPS) is 15.6. The van der Waals surface area contributed by atoms with E-state index < -0.39 is 6.04 Å². The van der Waals surface area contributed by atoms with Crippen molar-refractivity contribution in [1.29, 1.82) is 0 Å². The summed E-state index contributed by atoms with van der Waals surface area (Å²) in [4.78, 5) is 34.2. The molecule has 3 heterocycles. The highest BCUT2D eigenvalue weighted by Crippen LogP contribution is 2.45. The standard InChI is InChI=1S/C23H18N2O4S/c1-12-13(2)30-23(24-12)25-19(14-8-4-6-10-16(14)28-3)18-20(26)15-9-5-7-11-17(15)29-21(18)22(25)27/h4-11,19H,1-3H3/t19-/m0/s1. The molecule has 0 unspecified atom stereocenters. The molecule has 2 aromatic carbocycles. The molecule has 0 saturated carbocycles. The van der Waals surface area contributed by atoms with Gasteiger partial charge in [0.1, 0.15) is 17.4 Å². The first-order valence-electron chi connectivity index (χ1n) is 9.47. The van der Waals surface area contributed by atoms with Crippen molar-refractivity contribution < 1.29 is 13.9 Å². The minimum absolute atomic E-state index is 0.0557. The number of para-hydroxylation sites is 2. The number of aryl methyl sites for hydroxylation is 2. The van der Waals surface area contributed by atoms with E-state index in [9.17, 15) is 9.59 Å². The lowest BCUT2D eigenvalue weighted by Gasteiger charge is -2.24. The van der Waals surface area contributed by atoms with Gasteiger partial charge in [-0.15, -0.1) is 11.3 Å². The predicted octanol–water partition coefficient (Wildman–Crippen LogP) is 4.62. The van der Waals surface area contributed by atoms with Gasteiger partial charge in [0.25, 0.3) is 5.91 Å². The van der Waals surface area contributed by atoms with Crippen molar-refractivity contribution in [3.8, 4) is 5.75 Å². The van der Waals surface area contributed by atoms with Crippen molar-refractivity contribution in [2.75, 3.05) is 12.0 Å². The zero-order valence-electron chi connectivity index (χ0n) is 16.6. The van der Waals surface area contributed by atoms with E-state index in [1.165, 1.54) is 11.3 Å². The number of aromatic nitrogens is 1. The first-order chi connectivity index (χ1) is 14.5. The average molecular weight is 418 g/mol. The second-order valence-corrected chi connectivity index (χ2v) is 8.31. The maximum atomic E-state index is 13.5. The van der Waals surface area contributed by atoms with Crippen LogP contribution in [0.2, 0.25) is 0 Å². The van der Waals surface area contributed by atoms with Gasteiger partial charge in [0.05, 0.1) is 23.8 Å². The fourth-order valence-electron chi connectivity index (χ4n) is 3.86. The number of methoxy groups -OCH3 is 1. The molecule has 2 aromatic heterocycles. The molecule has 4 aromatic rings. The van der Waals surface area contributed by atoms with Gasteiger partial charge in [0.15, 0.2) is 10.6 Å². The Balaban J connectivity index is 1.85. The molecule has 7 heteroatoms. The highest BCUT2D eigenvalue weighted by molar-refractivity contribution is 7.15. The number of rotatable bonds is 3. The Morgan fingerprint density at radius 2 is 1.80 bits per heavy atom. The zero-order chi connectivity index (χ0) is 21.0. The largest absolute Gasteiger partial charge is 0.496 e. The van der Waals surface area contributed by atoms with E-state index in [2.05, 4.69) is 4.98 Å². The van der Waals surface area contributed by atoms with E-state index in [1.54, 1.807) is 36.3 Å². The summed E-state index contributed by atoms with van der Waals surface area (Å²) in [6, 6.07) is 13.7. The van der Waals surface area contributed by atoms with Crippen molar-refractivity contribution in [2.45, 2.75) is 19.9 Å². The Labute approximate surface area is 176 Å². The molecule has 1 aliphatic heterocycles. The summed E-state index contributed by atoms with van der Waals surface area (Å²) in [5, 5.41) is 0.970. The number of nitrogens with zero attached hydrogens (tertiary/aromatic N) is 2. The summed E-state index contributed by atoms with van der Waals surface area (Å²) < 4.78 is 11.5. The molecule has 0 N–H and O–H groups in total. The summed E-state index contributed by atoms with van der Waals surface area (Å²) >= 11 is 1.42. The van der Waals surface area contributed by atoms with Gasteiger partial charge in [-0.25, -0.2) is 4.98 Å². The molecule has 0 fully saturated rings. The van der Waals surface area contributed by atoms with E-state index in [-0.39, 0.29) is 17.1 Å². The van der Waals surface area contributed by atoms with Gasteiger partial charge in [0.2, 0.25) is 5.76 Å². The molecule has 0 aliphatic carbocycles. The second kappa shape index (κ2) is 6.81. The molecular formula is C23H18N2O4S. The van der Waals surface area contributed by atoms with Crippen LogP contribution in [0, 0.1) is 13.8 Å². The van der Waals surface area contributed by atoms with Gasteiger partial charge < -0.3 is 9.15 Å². The topological polar surface area (TPSA) is 72.6 Å². The molecule has 1 amide bonds. The number of anilines is 1. The van der Waals surface area contributed by atoms with Crippen molar-refractivity contribution >= 4 is 33.3 Å². The van der Waals surface area contributed by atoms with Crippen LogP contribution in [0.25, 0.3) is 11.0 Å². The lowest BCUT2D eigenvalue weighted by Crippen LogP contribution is -2.29. The van der Waals surface area contributed by atoms with E-state index in [0.717, 1.165) is 10.6 Å². The van der Waals surface area contributed by atoms with Crippen LogP contribution in [0.1, 0.15) is 38.3 Å². The van der Waals surface area contributed by atoms with Gasteiger partial charge in [-0.05, 0) is 32.0 Å². The number of hydrogen-bond donors (Lipinski definition) is 0. The van der Waals surface area contributed by atoms with Gasteiger partial charge in [-0.1, -0.05) is 30.3 Å². The van der Waals surface area contributed by atoms with Gasteiger partial charge >= 0.3 is 0 Å². The number of thiazole rings is 1. The van der Waals surface area contributed by atoms with Gasteiger partial charge in [0, 0.05) is 10.4 Å². The zero-order valence-corrected chi connectivity index (χ0v) is 17.4. The van der Waals surface area contributed by atoms with E-state index in [0.29, 0.717) is 33.0 Å². The van der Waals surface area contributed by atoms with Crippen LogP contribution in [0.15, 0.2) is 57.7 Å². The van der Waals surface area contributed by atoms with Gasteiger partial charge in [-0.3, -0.25) is 14.5 Å². The van der Waals surface area contributed by atoms with E-state index in [4.69, 9.17) is 9.15 Å². The summed E-state index contributed by atoms with van der Waals surface area (Å²) in [5.74, 6) is 0.267. The van der Waals surface area contributed by atoms with Crippen molar-refractivity contribution in [3.63, 3.8) is 0 Å². The number of fused-ring (bicyclic) bond motifs is 2. The predicted molar refractivity (Wildman–Crippen MR) is 116 cm³/mol. The van der Waals surface area contributed by atoms with Crippen molar-refractivity contribution in [2.24, 2.45) is 0 Å². The molecule has 0 radical (unpaired) electrons. The maximum Gasteiger partial charge on any atom is 0.297 e. The highest BCUT2D eigenvalue weighted by Gasteiger charge is 2.46. The Hall–Kier alpha value is -3.45. The van der Waals surface area contributed by atoms with Crippen molar-refractivity contribution in [1.82, 2.24) is 4.98 Å². The molecule has 30 heavy (non-hydrogen) atoms. The van der Waals surface area contributed by atoms with Crippen molar-refractivity contribution in [3.05, 3.63) is 86.2 Å². The lowest BCUT2D eigenvalue weighted by molar-refractivity contribution is 0.0971. The number of hydrogen-bond acceptors (Lipinski definition) is 6. The summed E-state index contributed by atoms with van der Waals surface area (Å²) in [6.07, 6.45) is 0. The highest BCUT2D eigenvalue weighted by atomic mass is 32.1. The summed E-state index contributed by atoms with van der Waals surface area (Å²) in [5.41, 5.74) is 2.04. The number of amides is 1. The molecule has 1 aliphatic rings. The van der Waals surface area contributed by atoms with Gasteiger partial charge in [-0.2, -0.15) is 0 Å². The fourth-order valence-corrected chi connectivity index (χ4v) is 4.80. The third-order valence-corrected chi connectivity index (χ3v) is 6.51. The third kappa shape index (κ3) is 2.59. The van der Waals surface area contributed by atoms with Crippen LogP contribution in [0.5, 0.6) is 5.75 Å². The van der Waals surface area contributed by atoms with Crippen LogP contribution < -0.4 is 15.1 Å². The molecule has 6 nitrogen and oxygen atoms in total. The fraction of sp³-hybridized carbons (Fsp3) is 0.174. The summed E-state index contributed by atoms with van der Waals surface area (Å²) in [7, 11) is 1.57. The molecule has 5 rings (SSSR count). The number of carbonyl (C=O) groups excluding carboxylic acids is 1. The average Bonchev–Trinajstić information content (AvgIpc) is 3.24.